The molecule has 0 N–H and O–H groups in total. The molecule has 2 saturated carbocycles. The van der Waals surface area contributed by atoms with Gasteiger partial charge in [-0.25, -0.2) is 0 Å². The molecular formula is C9H14O. The van der Waals surface area contributed by atoms with Gasteiger partial charge in [0.1, 0.15) is 0 Å². The molecule has 56 valence electrons. The monoisotopic (exact) mass is 138 g/mol. The molecule has 2 bridgehead atoms. The zero-order valence-corrected chi connectivity index (χ0v) is 6.25. The van der Waals surface area contributed by atoms with Crippen molar-refractivity contribution in [1.82, 2.24) is 0 Å². The number of ether oxygens (including phenoxy) is 1. The van der Waals surface area contributed by atoms with E-state index in [1.54, 1.807) is 0 Å². The maximum Gasteiger partial charge on any atom is 0.0840 e. The van der Waals surface area contributed by atoms with Crippen LogP contribution in [0.5, 0.6) is 0 Å². The summed E-state index contributed by atoms with van der Waals surface area (Å²) >= 11 is 0. The molecular weight excluding hydrogens is 124 g/mol. The third-order valence-electron chi connectivity index (χ3n) is 3.63. The van der Waals surface area contributed by atoms with Crippen molar-refractivity contribution in [2.24, 2.45) is 17.8 Å². The van der Waals surface area contributed by atoms with Gasteiger partial charge >= 0.3 is 0 Å². The zero-order valence-electron chi connectivity index (χ0n) is 6.25. The van der Waals surface area contributed by atoms with Crippen molar-refractivity contribution in [2.45, 2.75) is 31.8 Å². The van der Waals surface area contributed by atoms with Crippen molar-refractivity contribution in [2.75, 3.05) is 6.61 Å². The van der Waals surface area contributed by atoms with Crippen LogP contribution in [0.25, 0.3) is 0 Å². The van der Waals surface area contributed by atoms with Crippen molar-refractivity contribution in [3.8, 4) is 0 Å². The molecule has 0 spiro atoms. The fourth-order valence-electron chi connectivity index (χ4n) is 3.05. The van der Waals surface area contributed by atoms with Crippen molar-refractivity contribution in [1.29, 1.82) is 0 Å². The van der Waals surface area contributed by atoms with Crippen molar-refractivity contribution < 1.29 is 4.74 Å². The van der Waals surface area contributed by atoms with Gasteiger partial charge in [-0.3, -0.25) is 0 Å². The van der Waals surface area contributed by atoms with Gasteiger partial charge in [-0.1, -0.05) is 6.42 Å². The highest BCUT2D eigenvalue weighted by atomic mass is 16.6. The van der Waals surface area contributed by atoms with E-state index >= 15 is 0 Å². The van der Waals surface area contributed by atoms with Crippen LogP contribution in [0.2, 0.25) is 0 Å². The van der Waals surface area contributed by atoms with Gasteiger partial charge in [-0.05, 0) is 37.0 Å². The Balaban J connectivity index is 1.77. The normalized spacial score (nSPS) is 57.6. The standard InChI is InChI=1S/C9H14O/c1-2-7-3-6(1)4-8(7)9-5-10-9/h6-9H,1-5H2/t6?,7?,8-,9+/m0/s1. The number of epoxide rings is 1. The van der Waals surface area contributed by atoms with Gasteiger partial charge < -0.3 is 4.74 Å². The van der Waals surface area contributed by atoms with E-state index in [2.05, 4.69) is 0 Å². The second-order valence-electron chi connectivity index (χ2n) is 4.21. The SMILES string of the molecule is C1CC2CC1C[C@@H]2[C@H]1CO1. The van der Waals surface area contributed by atoms with Gasteiger partial charge in [0.25, 0.3) is 0 Å². The fourth-order valence-corrected chi connectivity index (χ4v) is 3.05. The third-order valence-corrected chi connectivity index (χ3v) is 3.63. The third kappa shape index (κ3) is 0.672. The largest absolute Gasteiger partial charge is 0.373 e. The molecule has 3 rings (SSSR count). The summed E-state index contributed by atoms with van der Waals surface area (Å²) < 4.78 is 5.35. The molecule has 3 aliphatic rings. The first-order valence-corrected chi connectivity index (χ1v) is 4.55. The van der Waals surface area contributed by atoms with Crippen LogP contribution >= 0.6 is 0 Å². The summed E-state index contributed by atoms with van der Waals surface area (Å²) in [6.07, 6.45) is 6.76. The number of rotatable bonds is 1. The molecule has 1 saturated heterocycles. The van der Waals surface area contributed by atoms with E-state index in [-0.39, 0.29) is 0 Å². The van der Waals surface area contributed by atoms with E-state index in [1.165, 1.54) is 25.7 Å². The zero-order chi connectivity index (χ0) is 6.55. The average Bonchev–Trinajstić information content (AvgIpc) is 2.60. The maximum absolute atomic E-state index is 5.35. The second-order valence-corrected chi connectivity index (χ2v) is 4.21. The predicted octanol–water partition coefficient (Wildman–Crippen LogP) is 1.82. The number of fused-ring (bicyclic) bond motifs is 2. The van der Waals surface area contributed by atoms with E-state index in [0.717, 1.165) is 24.4 Å². The lowest BCUT2D eigenvalue weighted by Crippen LogP contribution is -2.15. The molecule has 0 aromatic rings. The highest BCUT2D eigenvalue weighted by Crippen LogP contribution is 2.51. The quantitative estimate of drug-likeness (QED) is 0.503. The minimum Gasteiger partial charge on any atom is -0.373 e. The summed E-state index contributed by atoms with van der Waals surface area (Å²) in [7, 11) is 0. The highest BCUT2D eigenvalue weighted by molar-refractivity contribution is 4.96. The molecule has 0 aromatic heterocycles. The van der Waals surface area contributed by atoms with Gasteiger partial charge in [-0.15, -0.1) is 0 Å². The highest BCUT2D eigenvalue weighted by Gasteiger charge is 2.47. The van der Waals surface area contributed by atoms with Crippen LogP contribution in [0, 0.1) is 17.8 Å². The summed E-state index contributed by atoms with van der Waals surface area (Å²) in [5, 5.41) is 0. The van der Waals surface area contributed by atoms with Crippen molar-refractivity contribution in [3.05, 3.63) is 0 Å². The molecule has 2 unspecified atom stereocenters. The molecule has 0 amide bonds. The van der Waals surface area contributed by atoms with Crippen molar-refractivity contribution in [3.63, 3.8) is 0 Å². The first-order chi connectivity index (χ1) is 4.93. The van der Waals surface area contributed by atoms with E-state index in [4.69, 9.17) is 4.74 Å². The Morgan fingerprint density at radius 2 is 2.00 bits per heavy atom. The van der Waals surface area contributed by atoms with Crippen LogP contribution in [-0.4, -0.2) is 12.7 Å². The summed E-state index contributed by atoms with van der Waals surface area (Å²) in [4.78, 5) is 0. The molecule has 1 nitrogen and oxygen atoms in total. The molecule has 1 heteroatoms. The Labute approximate surface area is 61.8 Å². The molecule has 0 aromatic carbocycles. The number of hydrogen-bond acceptors (Lipinski definition) is 1. The van der Waals surface area contributed by atoms with Gasteiger partial charge in [-0.2, -0.15) is 0 Å². The molecule has 10 heavy (non-hydrogen) atoms. The van der Waals surface area contributed by atoms with Crippen LogP contribution in [0.15, 0.2) is 0 Å². The Bertz CT molecular complexity index is 151. The average molecular weight is 138 g/mol. The Morgan fingerprint density at radius 1 is 1.10 bits per heavy atom. The minimum atomic E-state index is 0.704. The van der Waals surface area contributed by atoms with Crippen LogP contribution in [0.4, 0.5) is 0 Å². The molecule has 1 aliphatic heterocycles. The first kappa shape index (κ1) is 5.59. The van der Waals surface area contributed by atoms with Crippen LogP contribution in [0.1, 0.15) is 25.7 Å². The van der Waals surface area contributed by atoms with Crippen molar-refractivity contribution >= 4 is 0 Å². The fraction of sp³-hybridized carbons (Fsp3) is 1.00. The Morgan fingerprint density at radius 3 is 2.50 bits per heavy atom. The summed E-state index contributed by atoms with van der Waals surface area (Å²) in [6.45, 7) is 1.08. The minimum absolute atomic E-state index is 0.704. The molecule has 1 heterocycles. The lowest BCUT2D eigenvalue weighted by atomic mass is 9.87. The van der Waals surface area contributed by atoms with E-state index in [9.17, 15) is 0 Å². The lowest BCUT2D eigenvalue weighted by Gasteiger charge is -2.18. The van der Waals surface area contributed by atoms with E-state index in [0.29, 0.717) is 6.10 Å². The molecule has 3 fully saturated rings. The molecule has 2 aliphatic carbocycles. The molecule has 4 atom stereocenters. The van der Waals surface area contributed by atoms with Gasteiger partial charge in [0.05, 0.1) is 12.7 Å². The first-order valence-electron chi connectivity index (χ1n) is 4.55. The molecule has 0 radical (unpaired) electrons. The topological polar surface area (TPSA) is 12.5 Å². The predicted molar refractivity (Wildman–Crippen MR) is 38.7 cm³/mol. The van der Waals surface area contributed by atoms with E-state index < -0.39 is 0 Å². The van der Waals surface area contributed by atoms with Gasteiger partial charge in [0.15, 0.2) is 0 Å². The van der Waals surface area contributed by atoms with Crippen LogP contribution < -0.4 is 0 Å². The Hall–Kier alpha value is -0.0400. The Kier molecular flexibility index (Phi) is 0.984. The lowest BCUT2D eigenvalue weighted by molar-refractivity contribution is 0.249. The van der Waals surface area contributed by atoms with Gasteiger partial charge in [0, 0.05) is 0 Å². The summed E-state index contributed by atoms with van der Waals surface area (Å²) in [5.74, 6) is 3.15. The smallest absolute Gasteiger partial charge is 0.0840 e. The van der Waals surface area contributed by atoms with E-state index in [1.807, 2.05) is 0 Å². The second kappa shape index (κ2) is 1.76. The maximum atomic E-state index is 5.35. The summed E-state index contributed by atoms with van der Waals surface area (Å²) in [5.41, 5.74) is 0. The summed E-state index contributed by atoms with van der Waals surface area (Å²) in [6, 6.07) is 0. The van der Waals surface area contributed by atoms with Crippen LogP contribution in [0.3, 0.4) is 0 Å². The number of hydrogen-bond donors (Lipinski definition) is 0. The van der Waals surface area contributed by atoms with Gasteiger partial charge in [0.2, 0.25) is 0 Å². The van der Waals surface area contributed by atoms with Crippen LogP contribution in [-0.2, 0) is 4.74 Å².